The lowest BCUT2D eigenvalue weighted by molar-refractivity contribution is 0.102. The molecule has 0 radical (unpaired) electrons. The normalized spacial score (nSPS) is 11.8. The van der Waals surface area contributed by atoms with E-state index in [1.165, 1.54) is 0 Å². The lowest BCUT2D eigenvalue weighted by atomic mass is 10.1. The van der Waals surface area contributed by atoms with E-state index in [9.17, 15) is 9.90 Å². The van der Waals surface area contributed by atoms with Crippen molar-refractivity contribution in [3.8, 4) is 0 Å². The first-order valence-corrected chi connectivity index (χ1v) is 7.10. The molecule has 0 saturated carbocycles. The molecule has 4 N–H and O–H groups in total. The minimum absolute atomic E-state index is 0.194. The Morgan fingerprint density at radius 1 is 1.18 bits per heavy atom. The number of para-hydroxylation sites is 1. The molecular formula is C17H20N2O3. The van der Waals surface area contributed by atoms with Gasteiger partial charge in [-0.3, -0.25) is 4.79 Å². The van der Waals surface area contributed by atoms with Gasteiger partial charge < -0.3 is 20.8 Å². The van der Waals surface area contributed by atoms with Gasteiger partial charge in [-0.05, 0) is 36.8 Å². The van der Waals surface area contributed by atoms with Gasteiger partial charge in [0.1, 0.15) is 0 Å². The number of aliphatic hydroxyl groups excluding tert-OH is 2. The molecule has 1 atom stereocenters. The molecule has 0 aliphatic carbocycles. The summed E-state index contributed by atoms with van der Waals surface area (Å²) in [4.78, 5) is 12.3. The van der Waals surface area contributed by atoms with Crippen LogP contribution in [-0.2, 0) is 0 Å². The average Bonchev–Trinajstić information content (AvgIpc) is 2.55. The first kappa shape index (κ1) is 16.0. The van der Waals surface area contributed by atoms with E-state index in [0.717, 1.165) is 11.3 Å². The SMILES string of the molecule is Cc1ccccc1NC(=O)c1cccc(NCC(O)CO)c1. The highest BCUT2D eigenvalue weighted by Gasteiger charge is 2.08. The fourth-order valence-corrected chi connectivity index (χ4v) is 1.98. The van der Waals surface area contributed by atoms with Crippen LogP contribution in [0.15, 0.2) is 48.5 Å². The second-order valence-electron chi connectivity index (χ2n) is 5.07. The number of nitrogens with one attached hydrogen (secondary N) is 2. The number of rotatable bonds is 6. The molecule has 2 aromatic carbocycles. The van der Waals surface area contributed by atoms with Crippen molar-refractivity contribution in [2.75, 3.05) is 23.8 Å². The maximum atomic E-state index is 12.3. The molecule has 22 heavy (non-hydrogen) atoms. The van der Waals surface area contributed by atoms with E-state index in [2.05, 4.69) is 10.6 Å². The van der Waals surface area contributed by atoms with E-state index in [1.807, 2.05) is 31.2 Å². The summed E-state index contributed by atoms with van der Waals surface area (Å²) in [6.45, 7) is 1.85. The summed E-state index contributed by atoms with van der Waals surface area (Å²) in [6, 6.07) is 14.6. The van der Waals surface area contributed by atoms with Gasteiger partial charge in [-0.1, -0.05) is 24.3 Å². The second-order valence-corrected chi connectivity index (χ2v) is 5.07. The summed E-state index contributed by atoms with van der Waals surface area (Å²) in [5.41, 5.74) is 3.01. The topological polar surface area (TPSA) is 81.6 Å². The fourth-order valence-electron chi connectivity index (χ4n) is 1.98. The van der Waals surface area contributed by atoms with Crippen molar-refractivity contribution in [1.82, 2.24) is 0 Å². The molecule has 1 unspecified atom stereocenters. The molecule has 0 aromatic heterocycles. The highest BCUT2D eigenvalue weighted by molar-refractivity contribution is 6.05. The van der Waals surface area contributed by atoms with Gasteiger partial charge in [-0.2, -0.15) is 0 Å². The summed E-state index contributed by atoms with van der Waals surface area (Å²) in [6.07, 6.45) is -0.829. The van der Waals surface area contributed by atoms with Crippen LogP contribution in [0.3, 0.4) is 0 Å². The number of benzene rings is 2. The molecule has 0 fully saturated rings. The molecule has 0 heterocycles. The molecule has 2 aromatic rings. The van der Waals surface area contributed by atoms with Crippen LogP contribution in [0.4, 0.5) is 11.4 Å². The Balaban J connectivity index is 2.05. The smallest absolute Gasteiger partial charge is 0.255 e. The van der Waals surface area contributed by atoms with Gasteiger partial charge in [-0.25, -0.2) is 0 Å². The van der Waals surface area contributed by atoms with Gasteiger partial charge in [0, 0.05) is 23.5 Å². The molecule has 2 rings (SSSR count). The zero-order valence-corrected chi connectivity index (χ0v) is 12.4. The minimum atomic E-state index is -0.829. The molecule has 5 heteroatoms. The number of carbonyl (C=O) groups excluding carboxylic acids is 1. The van der Waals surface area contributed by atoms with Crippen LogP contribution < -0.4 is 10.6 Å². The number of carbonyl (C=O) groups is 1. The Hall–Kier alpha value is -2.37. The van der Waals surface area contributed by atoms with Gasteiger partial charge in [-0.15, -0.1) is 0 Å². The van der Waals surface area contributed by atoms with E-state index in [4.69, 9.17) is 5.11 Å². The van der Waals surface area contributed by atoms with Gasteiger partial charge in [0.05, 0.1) is 12.7 Å². The number of amides is 1. The third-order valence-corrected chi connectivity index (χ3v) is 3.27. The van der Waals surface area contributed by atoms with Gasteiger partial charge in [0.25, 0.3) is 5.91 Å². The molecule has 0 saturated heterocycles. The van der Waals surface area contributed by atoms with Crippen molar-refractivity contribution in [3.05, 3.63) is 59.7 Å². The van der Waals surface area contributed by atoms with E-state index >= 15 is 0 Å². The monoisotopic (exact) mass is 300 g/mol. The highest BCUT2D eigenvalue weighted by atomic mass is 16.3. The predicted molar refractivity (Wildman–Crippen MR) is 87.2 cm³/mol. The Morgan fingerprint density at radius 3 is 2.68 bits per heavy atom. The number of aryl methyl sites for hydroxylation is 1. The van der Waals surface area contributed by atoms with Crippen LogP contribution in [0.1, 0.15) is 15.9 Å². The average molecular weight is 300 g/mol. The summed E-state index contributed by atoms with van der Waals surface area (Å²) in [5, 5.41) is 24.0. The molecule has 0 aliphatic rings. The molecule has 0 spiro atoms. The highest BCUT2D eigenvalue weighted by Crippen LogP contribution is 2.16. The number of hydrogen-bond donors (Lipinski definition) is 4. The van der Waals surface area contributed by atoms with Gasteiger partial charge in [0.15, 0.2) is 0 Å². The van der Waals surface area contributed by atoms with Gasteiger partial charge in [0.2, 0.25) is 0 Å². The summed E-state index contributed by atoms with van der Waals surface area (Å²) in [5.74, 6) is -0.194. The molecule has 5 nitrogen and oxygen atoms in total. The molecule has 1 amide bonds. The standard InChI is InChI=1S/C17H20N2O3/c1-12-5-2-3-8-16(12)19-17(22)13-6-4-7-14(9-13)18-10-15(21)11-20/h2-9,15,18,20-21H,10-11H2,1H3,(H,19,22). The summed E-state index contributed by atoms with van der Waals surface area (Å²) < 4.78 is 0. The van der Waals surface area contributed by atoms with Gasteiger partial charge >= 0.3 is 0 Å². The third-order valence-electron chi connectivity index (χ3n) is 3.27. The lowest BCUT2D eigenvalue weighted by Gasteiger charge is -2.12. The number of hydrogen-bond acceptors (Lipinski definition) is 4. The Bertz CT molecular complexity index is 643. The summed E-state index contributed by atoms with van der Waals surface area (Å²) in [7, 11) is 0. The van der Waals surface area contributed by atoms with Crippen molar-refractivity contribution in [3.63, 3.8) is 0 Å². The van der Waals surface area contributed by atoms with E-state index in [-0.39, 0.29) is 19.1 Å². The molecule has 116 valence electrons. The molecule has 0 bridgehead atoms. The van der Waals surface area contributed by atoms with E-state index in [1.54, 1.807) is 24.3 Å². The quantitative estimate of drug-likeness (QED) is 0.658. The second kappa shape index (κ2) is 7.59. The zero-order chi connectivity index (χ0) is 15.9. The van der Waals surface area contributed by atoms with Crippen molar-refractivity contribution in [2.24, 2.45) is 0 Å². The van der Waals surface area contributed by atoms with E-state index < -0.39 is 6.10 Å². The van der Waals surface area contributed by atoms with Crippen LogP contribution >= 0.6 is 0 Å². The lowest BCUT2D eigenvalue weighted by Crippen LogP contribution is -2.23. The van der Waals surface area contributed by atoms with Crippen molar-refractivity contribution in [2.45, 2.75) is 13.0 Å². The number of anilines is 2. The summed E-state index contributed by atoms with van der Waals surface area (Å²) >= 11 is 0. The van der Waals surface area contributed by atoms with Crippen LogP contribution in [0.5, 0.6) is 0 Å². The van der Waals surface area contributed by atoms with E-state index in [0.29, 0.717) is 11.3 Å². The van der Waals surface area contributed by atoms with Crippen LogP contribution in [-0.4, -0.2) is 35.4 Å². The Kier molecular flexibility index (Phi) is 5.52. The maximum Gasteiger partial charge on any atom is 0.255 e. The largest absolute Gasteiger partial charge is 0.394 e. The van der Waals surface area contributed by atoms with Crippen LogP contribution in [0.25, 0.3) is 0 Å². The third kappa shape index (κ3) is 4.31. The van der Waals surface area contributed by atoms with Crippen molar-refractivity contribution >= 4 is 17.3 Å². The maximum absolute atomic E-state index is 12.3. The predicted octanol–water partition coefficient (Wildman–Crippen LogP) is 2.01. The minimum Gasteiger partial charge on any atom is -0.394 e. The fraction of sp³-hybridized carbons (Fsp3) is 0.235. The van der Waals surface area contributed by atoms with Crippen LogP contribution in [0.2, 0.25) is 0 Å². The molecule has 0 aliphatic heterocycles. The van der Waals surface area contributed by atoms with Crippen LogP contribution in [0, 0.1) is 6.92 Å². The van der Waals surface area contributed by atoms with Crippen molar-refractivity contribution < 1.29 is 15.0 Å². The molecular weight excluding hydrogens is 280 g/mol. The Morgan fingerprint density at radius 2 is 1.95 bits per heavy atom. The van der Waals surface area contributed by atoms with Crippen molar-refractivity contribution in [1.29, 1.82) is 0 Å². The Labute approximate surface area is 129 Å². The zero-order valence-electron chi connectivity index (χ0n) is 12.4. The first-order chi connectivity index (χ1) is 10.6. The number of aliphatic hydroxyl groups is 2. The first-order valence-electron chi connectivity index (χ1n) is 7.10.